The van der Waals surface area contributed by atoms with Crippen molar-refractivity contribution >= 4 is 33.7 Å². The van der Waals surface area contributed by atoms with Gasteiger partial charge >= 0.3 is 0 Å². The number of hydrogen-bond donors (Lipinski definition) is 3. The Morgan fingerprint density at radius 2 is 2.00 bits per heavy atom. The van der Waals surface area contributed by atoms with Gasteiger partial charge in [0.25, 0.3) is 0 Å². The molecule has 1 unspecified atom stereocenters. The molecule has 3 aromatic heterocycles. The molecule has 3 N–H and O–H groups in total. The summed E-state index contributed by atoms with van der Waals surface area (Å²) in [6, 6.07) is 5.48. The number of ether oxygens (including phenoxy) is 1. The summed E-state index contributed by atoms with van der Waals surface area (Å²) in [5.74, 6) is 1.17. The Bertz CT molecular complexity index is 1240. The first-order chi connectivity index (χ1) is 15.1. The van der Waals surface area contributed by atoms with Gasteiger partial charge < -0.3 is 20.4 Å². The highest BCUT2D eigenvalue weighted by molar-refractivity contribution is 5.86. The van der Waals surface area contributed by atoms with E-state index in [0.717, 1.165) is 48.3 Å². The number of imidazole rings is 1. The van der Waals surface area contributed by atoms with Crippen LogP contribution in [0.4, 0.5) is 16.0 Å². The van der Waals surface area contributed by atoms with Crippen molar-refractivity contribution in [1.29, 1.82) is 0 Å². The molecular weight excluding hydrogens is 397 g/mol. The molecule has 4 heterocycles. The average molecular weight is 421 g/mol. The number of halogens is 1. The van der Waals surface area contributed by atoms with E-state index in [1.807, 2.05) is 0 Å². The molecule has 0 bridgehead atoms. The molecule has 1 aromatic carbocycles. The van der Waals surface area contributed by atoms with Crippen LogP contribution < -0.4 is 10.6 Å². The van der Waals surface area contributed by atoms with Gasteiger partial charge in [-0.15, -0.1) is 0 Å². The van der Waals surface area contributed by atoms with Gasteiger partial charge in [-0.2, -0.15) is 0 Å². The fraction of sp³-hybridized carbons (Fsp3) is 0.364. The number of benzene rings is 1. The maximum absolute atomic E-state index is 14.2. The van der Waals surface area contributed by atoms with E-state index in [1.54, 1.807) is 19.3 Å². The fourth-order valence-corrected chi connectivity index (χ4v) is 4.01. The number of H-pyrrole nitrogens is 1. The lowest BCUT2D eigenvalue weighted by Crippen LogP contribution is -2.29. The summed E-state index contributed by atoms with van der Waals surface area (Å²) in [6.45, 7) is 5.26. The van der Waals surface area contributed by atoms with Gasteiger partial charge in [0.2, 0.25) is 0 Å². The number of rotatable bonds is 5. The van der Waals surface area contributed by atoms with Crippen LogP contribution in [0, 0.1) is 12.7 Å². The summed E-state index contributed by atoms with van der Waals surface area (Å²) in [5, 5.41) is 7.93. The summed E-state index contributed by atoms with van der Waals surface area (Å²) in [5.41, 5.74) is 3.56. The Balaban J connectivity index is 1.55. The molecule has 1 saturated heterocycles. The molecule has 0 amide bonds. The van der Waals surface area contributed by atoms with E-state index in [2.05, 4.69) is 43.6 Å². The molecule has 4 aromatic rings. The highest BCUT2D eigenvalue weighted by Crippen LogP contribution is 2.32. The van der Waals surface area contributed by atoms with Crippen molar-refractivity contribution in [3.63, 3.8) is 0 Å². The third kappa shape index (κ3) is 3.76. The third-order valence-corrected chi connectivity index (χ3v) is 5.81. The van der Waals surface area contributed by atoms with E-state index in [-0.39, 0.29) is 17.9 Å². The van der Waals surface area contributed by atoms with Gasteiger partial charge in [-0.25, -0.2) is 24.3 Å². The molecule has 0 aliphatic carbocycles. The standard InChI is InChI=1S/C22H24FN7O/c1-12-17(23)4-3-14-9-16(20(30-18(12)14)29-15-5-7-31-8-6-15)13(2)28-22-19-21(25-10-24-19)26-11-27-22/h3-4,9-11,13,15H,5-8H2,1-2H3,(H,29,30)(H2,24,25,26,27,28). The third-order valence-electron chi connectivity index (χ3n) is 5.81. The van der Waals surface area contributed by atoms with Crippen LogP contribution in [0.25, 0.3) is 22.1 Å². The summed E-state index contributed by atoms with van der Waals surface area (Å²) in [6.07, 6.45) is 4.90. The predicted molar refractivity (Wildman–Crippen MR) is 118 cm³/mol. The van der Waals surface area contributed by atoms with Crippen LogP contribution in [0.1, 0.15) is 36.9 Å². The van der Waals surface area contributed by atoms with Gasteiger partial charge in [0, 0.05) is 35.8 Å². The molecular formula is C22H24FN7O. The number of aromatic amines is 1. The van der Waals surface area contributed by atoms with Gasteiger partial charge in [0.1, 0.15) is 23.5 Å². The summed E-state index contributed by atoms with van der Waals surface area (Å²) >= 11 is 0. The van der Waals surface area contributed by atoms with Gasteiger partial charge in [0.15, 0.2) is 11.5 Å². The summed E-state index contributed by atoms with van der Waals surface area (Å²) in [7, 11) is 0. The number of aryl methyl sites for hydroxylation is 1. The second-order valence-electron chi connectivity index (χ2n) is 7.89. The van der Waals surface area contributed by atoms with Crippen molar-refractivity contribution in [2.24, 2.45) is 0 Å². The van der Waals surface area contributed by atoms with Crippen LogP contribution in [0.5, 0.6) is 0 Å². The van der Waals surface area contributed by atoms with E-state index in [4.69, 9.17) is 9.72 Å². The first-order valence-corrected chi connectivity index (χ1v) is 10.4. The zero-order valence-electron chi connectivity index (χ0n) is 17.4. The maximum Gasteiger partial charge on any atom is 0.182 e. The Hall–Kier alpha value is -3.33. The number of anilines is 2. The highest BCUT2D eigenvalue weighted by Gasteiger charge is 2.21. The van der Waals surface area contributed by atoms with Crippen LogP contribution in [0.2, 0.25) is 0 Å². The number of nitrogens with one attached hydrogen (secondary N) is 3. The lowest BCUT2D eigenvalue weighted by atomic mass is 10.0. The smallest absolute Gasteiger partial charge is 0.182 e. The molecule has 9 heteroatoms. The van der Waals surface area contributed by atoms with E-state index >= 15 is 0 Å². The van der Waals surface area contributed by atoms with Gasteiger partial charge in [-0.05, 0) is 44.9 Å². The monoisotopic (exact) mass is 421 g/mol. The Morgan fingerprint density at radius 1 is 1.16 bits per heavy atom. The molecule has 1 aliphatic heterocycles. The van der Waals surface area contributed by atoms with Gasteiger partial charge in [-0.3, -0.25) is 0 Å². The van der Waals surface area contributed by atoms with Crippen LogP contribution in [-0.2, 0) is 4.74 Å². The van der Waals surface area contributed by atoms with Crippen molar-refractivity contribution in [1.82, 2.24) is 24.9 Å². The van der Waals surface area contributed by atoms with E-state index < -0.39 is 0 Å². The van der Waals surface area contributed by atoms with E-state index in [0.29, 0.717) is 22.5 Å². The van der Waals surface area contributed by atoms with E-state index in [1.165, 1.54) is 12.4 Å². The SMILES string of the molecule is Cc1c(F)ccc2cc(C(C)Nc3ncnc4nc[nH]c34)c(NC3CCOCC3)nc12. The minimum absolute atomic E-state index is 0.119. The second kappa shape index (κ2) is 8.07. The topological polar surface area (TPSA) is 101 Å². The molecule has 8 nitrogen and oxygen atoms in total. The zero-order valence-corrected chi connectivity index (χ0v) is 17.4. The first-order valence-electron chi connectivity index (χ1n) is 10.4. The number of fused-ring (bicyclic) bond motifs is 2. The molecule has 1 aliphatic rings. The van der Waals surface area contributed by atoms with Crippen LogP contribution >= 0.6 is 0 Å². The number of pyridine rings is 1. The largest absolute Gasteiger partial charge is 0.381 e. The van der Waals surface area contributed by atoms with Crippen molar-refractivity contribution in [3.8, 4) is 0 Å². The highest BCUT2D eigenvalue weighted by atomic mass is 19.1. The Labute approximate surface area is 178 Å². The molecule has 0 saturated carbocycles. The van der Waals surface area contributed by atoms with Crippen LogP contribution in [-0.4, -0.2) is 44.2 Å². The average Bonchev–Trinajstić information content (AvgIpc) is 3.27. The Morgan fingerprint density at radius 3 is 2.84 bits per heavy atom. The first kappa shape index (κ1) is 19.6. The van der Waals surface area contributed by atoms with Gasteiger partial charge in [0.05, 0.1) is 17.9 Å². The number of aromatic nitrogens is 5. The molecule has 1 fully saturated rings. The minimum atomic E-state index is -0.251. The fourth-order valence-electron chi connectivity index (χ4n) is 4.01. The minimum Gasteiger partial charge on any atom is -0.381 e. The van der Waals surface area contributed by atoms with Crippen LogP contribution in [0.3, 0.4) is 0 Å². The molecule has 1 atom stereocenters. The molecule has 0 spiro atoms. The normalized spacial score (nSPS) is 16.0. The van der Waals surface area contributed by atoms with E-state index in [9.17, 15) is 4.39 Å². The quantitative estimate of drug-likeness (QED) is 0.446. The van der Waals surface area contributed by atoms with Crippen LogP contribution in [0.15, 0.2) is 30.9 Å². The predicted octanol–water partition coefficient (Wildman–Crippen LogP) is 4.11. The molecule has 31 heavy (non-hydrogen) atoms. The summed E-state index contributed by atoms with van der Waals surface area (Å²) < 4.78 is 19.7. The number of hydrogen-bond acceptors (Lipinski definition) is 7. The molecule has 160 valence electrons. The summed E-state index contributed by atoms with van der Waals surface area (Å²) in [4.78, 5) is 20.7. The lowest BCUT2D eigenvalue weighted by molar-refractivity contribution is 0.0903. The molecule has 0 radical (unpaired) electrons. The van der Waals surface area contributed by atoms with Gasteiger partial charge in [-0.1, -0.05) is 0 Å². The van der Waals surface area contributed by atoms with Crippen molar-refractivity contribution < 1.29 is 9.13 Å². The van der Waals surface area contributed by atoms with Crippen molar-refractivity contribution in [3.05, 3.63) is 47.8 Å². The maximum atomic E-state index is 14.2. The lowest BCUT2D eigenvalue weighted by Gasteiger charge is -2.27. The zero-order chi connectivity index (χ0) is 21.4. The number of nitrogens with zero attached hydrogens (tertiary/aromatic N) is 4. The van der Waals surface area contributed by atoms with Crippen molar-refractivity contribution in [2.45, 2.75) is 38.8 Å². The van der Waals surface area contributed by atoms with Crippen molar-refractivity contribution in [2.75, 3.05) is 23.8 Å². The second-order valence-corrected chi connectivity index (χ2v) is 7.89. The Kier molecular flexibility index (Phi) is 5.11. The molecule has 5 rings (SSSR count).